The third-order valence-corrected chi connectivity index (χ3v) is 6.97. The maximum absolute atomic E-state index is 13.0. The van der Waals surface area contributed by atoms with Crippen molar-refractivity contribution < 1.29 is 14.5 Å². The van der Waals surface area contributed by atoms with Crippen LogP contribution in [0, 0.1) is 17.0 Å². The highest BCUT2D eigenvalue weighted by Gasteiger charge is 2.37. The first kappa shape index (κ1) is 24.4. The Morgan fingerprint density at radius 1 is 1.20 bits per heavy atom. The number of carbonyl (C=O) groups is 2. The number of urea groups is 1. The number of nitrogens with one attached hydrogen (secondary N) is 1. The standard InChI is InChI=1S/C27H32N4O4/c1-6-11-30-24-12-17(2)20(13-22(24)18(3)15-27(30,4)5)14-23-25(32)29(26(33)28-23)16-19-7-9-21(10-8-19)31(34)35/h7-10,12-14,18H,6,11,15-16H2,1-5H3,(H,28,33)/b23-14+. The fraction of sp³-hybridized carbons (Fsp3) is 0.407. The molecule has 0 aromatic heterocycles. The summed E-state index contributed by atoms with van der Waals surface area (Å²) in [6.45, 7) is 12.1. The van der Waals surface area contributed by atoms with Gasteiger partial charge < -0.3 is 10.2 Å². The maximum Gasteiger partial charge on any atom is 0.329 e. The summed E-state index contributed by atoms with van der Waals surface area (Å²) in [5, 5.41) is 13.6. The molecule has 184 valence electrons. The van der Waals surface area contributed by atoms with Crippen molar-refractivity contribution in [2.24, 2.45) is 0 Å². The fourth-order valence-corrected chi connectivity index (χ4v) is 5.23. The third kappa shape index (κ3) is 4.65. The first-order chi connectivity index (χ1) is 16.5. The molecular weight excluding hydrogens is 444 g/mol. The van der Waals surface area contributed by atoms with Gasteiger partial charge in [0.25, 0.3) is 11.6 Å². The van der Waals surface area contributed by atoms with Crippen molar-refractivity contribution >= 4 is 29.4 Å². The van der Waals surface area contributed by atoms with E-state index in [0.717, 1.165) is 35.4 Å². The molecule has 1 unspecified atom stereocenters. The quantitative estimate of drug-likeness (QED) is 0.257. The van der Waals surface area contributed by atoms with Crippen molar-refractivity contribution in [2.75, 3.05) is 11.4 Å². The van der Waals surface area contributed by atoms with E-state index in [1.807, 2.05) is 6.92 Å². The minimum absolute atomic E-state index is 0.0375. The van der Waals surface area contributed by atoms with E-state index < -0.39 is 16.9 Å². The Morgan fingerprint density at radius 2 is 1.89 bits per heavy atom. The number of non-ortho nitro benzene ring substituents is 1. The second-order valence-electron chi connectivity index (χ2n) is 10.1. The molecule has 0 spiro atoms. The molecule has 2 aromatic carbocycles. The minimum Gasteiger partial charge on any atom is -0.366 e. The zero-order valence-electron chi connectivity index (χ0n) is 20.9. The van der Waals surface area contributed by atoms with Gasteiger partial charge in [-0.15, -0.1) is 0 Å². The molecular formula is C27H32N4O4. The zero-order chi connectivity index (χ0) is 25.5. The topological polar surface area (TPSA) is 95.8 Å². The Kier molecular flexibility index (Phi) is 6.40. The molecule has 2 heterocycles. The lowest BCUT2D eigenvalue weighted by atomic mass is 9.79. The molecule has 2 aliphatic heterocycles. The average molecular weight is 477 g/mol. The fourth-order valence-electron chi connectivity index (χ4n) is 5.23. The van der Waals surface area contributed by atoms with Crippen LogP contribution < -0.4 is 10.2 Å². The average Bonchev–Trinajstić information content (AvgIpc) is 3.05. The van der Waals surface area contributed by atoms with Gasteiger partial charge >= 0.3 is 6.03 Å². The number of amides is 3. The highest BCUT2D eigenvalue weighted by atomic mass is 16.6. The second-order valence-corrected chi connectivity index (χ2v) is 10.1. The number of nitrogens with zero attached hydrogens (tertiary/aromatic N) is 3. The van der Waals surface area contributed by atoms with Crippen LogP contribution >= 0.6 is 0 Å². The third-order valence-electron chi connectivity index (χ3n) is 6.97. The van der Waals surface area contributed by atoms with Gasteiger partial charge in [-0.3, -0.25) is 19.8 Å². The predicted molar refractivity (Wildman–Crippen MR) is 136 cm³/mol. The van der Waals surface area contributed by atoms with Crippen LogP contribution in [0.1, 0.15) is 68.7 Å². The van der Waals surface area contributed by atoms with Gasteiger partial charge in [-0.25, -0.2) is 4.79 Å². The van der Waals surface area contributed by atoms with Crippen molar-refractivity contribution in [3.63, 3.8) is 0 Å². The van der Waals surface area contributed by atoms with Gasteiger partial charge in [0.05, 0.1) is 11.5 Å². The largest absolute Gasteiger partial charge is 0.366 e. The molecule has 1 N–H and O–H groups in total. The number of hydrogen-bond acceptors (Lipinski definition) is 5. The van der Waals surface area contributed by atoms with Gasteiger partial charge in [0, 0.05) is 29.9 Å². The molecule has 0 aliphatic carbocycles. The van der Waals surface area contributed by atoms with Crippen LogP contribution in [0.4, 0.5) is 16.2 Å². The molecule has 8 heteroatoms. The van der Waals surface area contributed by atoms with Crippen LogP contribution in [-0.4, -0.2) is 33.8 Å². The van der Waals surface area contributed by atoms with E-state index in [1.165, 1.54) is 23.4 Å². The Bertz CT molecular complexity index is 1220. The Hall–Kier alpha value is -3.68. The molecule has 4 rings (SSSR count). The Balaban J connectivity index is 1.61. The van der Waals surface area contributed by atoms with Crippen molar-refractivity contribution in [3.05, 3.63) is 74.5 Å². The number of benzene rings is 2. The number of nitro benzene ring substituents is 1. The molecule has 0 bridgehead atoms. The zero-order valence-corrected chi connectivity index (χ0v) is 20.9. The van der Waals surface area contributed by atoms with Gasteiger partial charge in [-0.05, 0) is 80.0 Å². The molecule has 2 aromatic rings. The number of imide groups is 1. The minimum atomic E-state index is -0.501. The van der Waals surface area contributed by atoms with E-state index in [-0.39, 0.29) is 23.5 Å². The number of rotatable bonds is 6. The van der Waals surface area contributed by atoms with E-state index >= 15 is 0 Å². The maximum atomic E-state index is 13.0. The lowest BCUT2D eigenvalue weighted by Gasteiger charge is -2.48. The van der Waals surface area contributed by atoms with Crippen LogP contribution in [0.15, 0.2) is 42.1 Å². The molecule has 0 radical (unpaired) electrons. The Morgan fingerprint density at radius 3 is 2.51 bits per heavy atom. The van der Waals surface area contributed by atoms with Gasteiger partial charge in [0.15, 0.2) is 0 Å². The lowest BCUT2D eigenvalue weighted by molar-refractivity contribution is -0.384. The highest BCUT2D eigenvalue weighted by molar-refractivity contribution is 6.14. The molecule has 1 saturated heterocycles. The van der Waals surface area contributed by atoms with Gasteiger partial charge in [0.2, 0.25) is 0 Å². The summed E-state index contributed by atoms with van der Waals surface area (Å²) in [6.07, 6.45) is 3.85. The van der Waals surface area contributed by atoms with Crippen LogP contribution in [-0.2, 0) is 11.3 Å². The molecule has 8 nitrogen and oxygen atoms in total. The van der Waals surface area contributed by atoms with Gasteiger partial charge in [0.1, 0.15) is 5.70 Å². The summed E-state index contributed by atoms with van der Waals surface area (Å²) in [5.74, 6) is -0.0365. The molecule has 0 saturated carbocycles. The molecule has 35 heavy (non-hydrogen) atoms. The SMILES string of the molecule is CCCN1c2cc(C)c(/C=C3/NC(=O)N(Cc4ccc([N+](=O)[O-])cc4)C3=O)cc2C(C)CC1(C)C. The number of anilines is 1. The summed E-state index contributed by atoms with van der Waals surface area (Å²) >= 11 is 0. The molecule has 1 atom stereocenters. The summed E-state index contributed by atoms with van der Waals surface area (Å²) in [5.41, 5.74) is 5.36. The molecule has 3 amide bonds. The highest BCUT2D eigenvalue weighted by Crippen LogP contribution is 2.44. The van der Waals surface area contributed by atoms with Crippen molar-refractivity contribution in [2.45, 2.75) is 65.5 Å². The lowest BCUT2D eigenvalue weighted by Crippen LogP contribution is -2.48. The van der Waals surface area contributed by atoms with Crippen LogP contribution in [0.2, 0.25) is 0 Å². The van der Waals surface area contributed by atoms with Crippen LogP contribution in [0.25, 0.3) is 6.08 Å². The summed E-state index contributed by atoms with van der Waals surface area (Å²) in [6, 6.07) is 9.69. The van der Waals surface area contributed by atoms with E-state index in [4.69, 9.17) is 0 Å². The summed E-state index contributed by atoms with van der Waals surface area (Å²) in [4.78, 5) is 39.6. The van der Waals surface area contributed by atoms with Crippen molar-refractivity contribution in [1.82, 2.24) is 10.2 Å². The smallest absolute Gasteiger partial charge is 0.329 e. The number of aryl methyl sites for hydroxylation is 1. The number of fused-ring (bicyclic) bond motifs is 1. The molecule has 2 aliphatic rings. The molecule has 1 fully saturated rings. The van der Waals surface area contributed by atoms with Gasteiger partial charge in [-0.2, -0.15) is 0 Å². The van der Waals surface area contributed by atoms with E-state index in [0.29, 0.717) is 11.5 Å². The van der Waals surface area contributed by atoms with Gasteiger partial charge in [-0.1, -0.05) is 26.0 Å². The summed E-state index contributed by atoms with van der Waals surface area (Å²) < 4.78 is 0. The monoisotopic (exact) mass is 476 g/mol. The van der Waals surface area contributed by atoms with Crippen LogP contribution in [0.5, 0.6) is 0 Å². The first-order valence-corrected chi connectivity index (χ1v) is 12.0. The first-order valence-electron chi connectivity index (χ1n) is 12.0. The van der Waals surface area contributed by atoms with Crippen LogP contribution in [0.3, 0.4) is 0 Å². The number of carbonyl (C=O) groups excluding carboxylic acids is 2. The van der Waals surface area contributed by atoms with Crippen molar-refractivity contribution in [3.8, 4) is 0 Å². The summed E-state index contributed by atoms with van der Waals surface area (Å²) in [7, 11) is 0. The van der Waals surface area contributed by atoms with E-state index in [1.54, 1.807) is 18.2 Å². The second kappa shape index (κ2) is 9.17. The van der Waals surface area contributed by atoms with E-state index in [2.05, 4.69) is 50.0 Å². The Labute approximate surface area is 205 Å². The number of nitro groups is 1. The van der Waals surface area contributed by atoms with Crippen molar-refractivity contribution in [1.29, 1.82) is 0 Å². The predicted octanol–water partition coefficient (Wildman–Crippen LogP) is 5.50. The normalized spacial score (nSPS) is 20.3. The van der Waals surface area contributed by atoms with E-state index in [9.17, 15) is 19.7 Å². The number of hydrogen-bond donors (Lipinski definition) is 1.